The summed E-state index contributed by atoms with van der Waals surface area (Å²) in [5.41, 5.74) is 0.233. The summed E-state index contributed by atoms with van der Waals surface area (Å²) in [4.78, 5) is 12.0. The third kappa shape index (κ3) is 3.99. The Morgan fingerprint density at radius 1 is 1.43 bits per heavy atom. The molecule has 1 aliphatic rings. The Kier molecular flexibility index (Phi) is 5.29. The number of hydrogen-bond donors (Lipinski definition) is 0. The standard InChI is InChI=1S/C13H18ClNO5S/c1-19-6-3-7-20-13(16)12-8-11(21(14,17)18)9-15(12)10-4-2-5-10/h8-10H,2-7H2,1H3. The van der Waals surface area contributed by atoms with Crippen molar-refractivity contribution in [3.63, 3.8) is 0 Å². The van der Waals surface area contributed by atoms with Crippen molar-refractivity contribution in [2.24, 2.45) is 0 Å². The number of carbonyl (C=O) groups excluding carboxylic acids is 1. The zero-order chi connectivity index (χ0) is 15.5. The molecule has 0 aliphatic heterocycles. The van der Waals surface area contributed by atoms with Crippen LogP contribution in [0.2, 0.25) is 0 Å². The van der Waals surface area contributed by atoms with Crippen LogP contribution in [0.4, 0.5) is 0 Å². The molecule has 1 aromatic heterocycles. The highest BCUT2D eigenvalue weighted by Gasteiger charge is 2.27. The zero-order valence-corrected chi connectivity index (χ0v) is 13.3. The van der Waals surface area contributed by atoms with Gasteiger partial charge in [0.25, 0.3) is 9.05 Å². The maximum atomic E-state index is 12.1. The van der Waals surface area contributed by atoms with E-state index in [0.29, 0.717) is 13.0 Å². The van der Waals surface area contributed by atoms with E-state index in [1.54, 1.807) is 11.7 Å². The molecule has 6 nitrogen and oxygen atoms in total. The summed E-state index contributed by atoms with van der Waals surface area (Å²) in [6, 6.07) is 1.41. The van der Waals surface area contributed by atoms with Crippen molar-refractivity contribution in [2.75, 3.05) is 20.3 Å². The van der Waals surface area contributed by atoms with Crippen molar-refractivity contribution in [1.82, 2.24) is 4.57 Å². The van der Waals surface area contributed by atoms with E-state index in [0.717, 1.165) is 19.3 Å². The fraction of sp³-hybridized carbons (Fsp3) is 0.615. The first-order chi connectivity index (χ1) is 9.93. The highest BCUT2D eigenvalue weighted by atomic mass is 35.7. The number of ether oxygens (including phenoxy) is 2. The summed E-state index contributed by atoms with van der Waals surface area (Å²) in [5.74, 6) is -0.537. The Morgan fingerprint density at radius 2 is 2.14 bits per heavy atom. The molecule has 2 rings (SSSR count). The Morgan fingerprint density at radius 3 is 2.67 bits per heavy atom. The average molecular weight is 336 g/mol. The molecule has 0 amide bonds. The van der Waals surface area contributed by atoms with Gasteiger partial charge in [0.1, 0.15) is 10.6 Å². The molecule has 1 saturated carbocycles. The summed E-state index contributed by atoms with van der Waals surface area (Å²) in [7, 11) is 3.06. The summed E-state index contributed by atoms with van der Waals surface area (Å²) in [5, 5.41) is 0. The van der Waals surface area contributed by atoms with Gasteiger partial charge in [-0.05, 0) is 25.3 Å². The number of halogens is 1. The second-order valence-corrected chi connectivity index (χ2v) is 7.54. The van der Waals surface area contributed by atoms with Crippen LogP contribution >= 0.6 is 10.7 Å². The van der Waals surface area contributed by atoms with Gasteiger partial charge in [-0.3, -0.25) is 0 Å². The SMILES string of the molecule is COCCCOC(=O)c1cc(S(=O)(=O)Cl)cn1C1CCC1. The Hall–Kier alpha value is -1.05. The molecular weight excluding hydrogens is 318 g/mol. The van der Waals surface area contributed by atoms with Gasteiger partial charge in [-0.1, -0.05) is 0 Å². The highest BCUT2D eigenvalue weighted by Crippen LogP contribution is 2.34. The number of aromatic nitrogens is 1. The van der Waals surface area contributed by atoms with Crippen molar-refractivity contribution in [2.45, 2.75) is 36.6 Å². The fourth-order valence-electron chi connectivity index (χ4n) is 2.16. The van der Waals surface area contributed by atoms with E-state index in [4.69, 9.17) is 20.2 Å². The molecule has 1 fully saturated rings. The molecule has 0 saturated heterocycles. The molecule has 8 heteroatoms. The molecule has 1 aromatic rings. The molecule has 0 N–H and O–H groups in total. The van der Waals surface area contributed by atoms with Gasteiger partial charge in [-0.15, -0.1) is 0 Å². The lowest BCUT2D eigenvalue weighted by molar-refractivity contribution is 0.0450. The Labute approximate surface area is 128 Å². The molecular formula is C13H18ClNO5S. The monoisotopic (exact) mass is 335 g/mol. The van der Waals surface area contributed by atoms with Crippen LogP contribution in [-0.2, 0) is 18.5 Å². The van der Waals surface area contributed by atoms with Crippen molar-refractivity contribution in [3.05, 3.63) is 18.0 Å². The normalized spacial score (nSPS) is 15.7. The molecule has 1 aliphatic carbocycles. The van der Waals surface area contributed by atoms with Gasteiger partial charge in [0, 0.05) is 43.1 Å². The minimum atomic E-state index is -3.86. The quantitative estimate of drug-likeness (QED) is 0.434. The Bertz CT molecular complexity index is 606. The number of nitrogens with zero attached hydrogens (tertiary/aromatic N) is 1. The lowest BCUT2D eigenvalue weighted by atomic mass is 9.93. The lowest BCUT2D eigenvalue weighted by Crippen LogP contribution is -2.21. The van der Waals surface area contributed by atoms with Crippen molar-refractivity contribution >= 4 is 25.7 Å². The first-order valence-corrected chi connectivity index (χ1v) is 9.07. The first-order valence-electron chi connectivity index (χ1n) is 6.76. The van der Waals surface area contributed by atoms with Crippen molar-refractivity contribution in [1.29, 1.82) is 0 Å². The van der Waals surface area contributed by atoms with E-state index in [9.17, 15) is 13.2 Å². The van der Waals surface area contributed by atoms with Gasteiger partial charge >= 0.3 is 5.97 Å². The largest absolute Gasteiger partial charge is 0.461 e. The topological polar surface area (TPSA) is 74.6 Å². The smallest absolute Gasteiger partial charge is 0.354 e. The molecule has 0 spiro atoms. The van der Waals surface area contributed by atoms with Gasteiger partial charge in [-0.25, -0.2) is 13.2 Å². The van der Waals surface area contributed by atoms with E-state index < -0.39 is 15.0 Å². The number of rotatable bonds is 7. The Balaban J connectivity index is 2.16. The van der Waals surface area contributed by atoms with Crippen LogP contribution in [0.1, 0.15) is 42.2 Å². The van der Waals surface area contributed by atoms with Gasteiger partial charge < -0.3 is 14.0 Å². The molecule has 0 radical (unpaired) electrons. The maximum Gasteiger partial charge on any atom is 0.354 e. The molecule has 21 heavy (non-hydrogen) atoms. The number of esters is 1. The highest BCUT2D eigenvalue weighted by molar-refractivity contribution is 8.13. The van der Waals surface area contributed by atoms with Crippen LogP contribution in [-0.4, -0.2) is 39.3 Å². The van der Waals surface area contributed by atoms with E-state index in [1.807, 2.05) is 0 Å². The van der Waals surface area contributed by atoms with E-state index in [2.05, 4.69) is 0 Å². The maximum absolute atomic E-state index is 12.1. The molecule has 118 valence electrons. The van der Waals surface area contributed by atoms with Gasteiger partial charge in [0.2, 0.25) is 0 Å². The van der Waals surface area contributed by atoms with Crippen LogP contribution < -0.4 is 0 Å². The number of hydrogen-bond acceptors (Lipinski definition) is 5. The fourth-order valence-corrected chi connectivity index (χ4v) is 2.90. The summed E-state index contributed by atoms with van der Waals surface area (Å²) in [6.45, 7) is 0.726. The van der Waals surface area contributed by atoms with Crippen molar-refractivity contribution in [3.8, 4) is 0 Å². The van der Waals surface area contributed by atoms with Crippen LogP contribution in [0.5, 0.6) is 0 Å². The minimum Gasteiger partial charge on any atom is -0.461 e. The average Bonchev–Trinajstić information content (AvgIpc) is 2.77. The van der Waals surface area contributed by atoms with E-state index in [1.165, 1.54) is 12.3 Å². The molecule has 0 aromatic carbocycles. The van der Waals surface area contributed by atoms with Crippen LogP contribution in [0.3, 0.4) is 0 Å². The molecule has 0 unspecified atom stereocenters. The van der Waals surface area contributed by atoms with E-state index >= 15 is 0 Å². The van der Waals surface area contributed by atoms with Crippen LogP contribution in [0.15, 0.2) is 17.2 Å². The predicted molar refractivity (Wildman–Crippen MR) is 77.1 cm³/mol. The summed E-state index contributed by atoms with van der Waals surface area (Å²) < 4.78 is 34.5. The molecule has 1 heterocycles. The summed E-state index contributed by atoms with van der Waals surface area (Å²) in [6.07, 6.45) is 4.90. The summed E-state index contributed by atoms with van der Waals surface area (Å²) >= 11 is 0. The first kappa shape index (κ1) is 16.3. The second-order valence-electron chi connectivity index (χ2n) is 4.97. The second kappa shape index (κ2) is 6.81. The third-order valence-corrected chi connectivity index (χ3v) is 4.83. The van der Waals surface area contributed by atoms with Gasteiger partial charge in [0.05, 0.1) is 6.61 Å². The van der Waals surface area contributed by atoms with Gasteiger partial charge in [-0.2, -0.15) is 0 Å². The predicted octanol–water partition coefficient (Wildman–Crippen LogP) is 2.33. The minimum absolute atomic E-state index is 0.0695. The van der Waals surface area contributed by atoms with Crippen molar-refractivity contribution < 1.29 is 22.7 Å². The molecule has 0 atom stereocenters. The van der Waals surface area contributed by atoms with Crippen LogP contribution in [0, 0.1) is 0 Å². The van der Waals surface area contributed by atoms with E-state index in [-0.39, 0.29) is 23.2 Å². The van der Waals surface area contributed by atoms with Gasteiger partial charge in [0.15, 0.2) is 0 Å². The zero-order valence-electron chi connectivity index (χ0n) is 11.7. The van der Waals surface area contributed by atoms with Crippen LogP contribution in [0.25, 0.3) is 0 Å². The number of carbonyl (C=O) groups is 1. The molecule has 0 bridgehead atoms. The number of methoxy groups -OCH3 is 1. The lowest BCUT2D eigenvalue weighted by Gasteiger charge is -2.28. The third-order valence-electron chi connectivity index (χ3n) is 3.51.